The Balaban J connectivity index is 2.29. The maximum absolute atomic E-state index is 11.0. The van der Waals surface area contributed by atoms with E-state index in [1.807, 2.05) is 0 Å². The van der Waals surface area contributed by atoms with E-state index in [0.29, 0.717) is 26.9 Å². The SMILES string of the molecule is COc1cc(OC)nc(Sc2nc(C)c(C(=O)O)s2)n1. The molecule has 2 heterocycles. The van der Waals surface area contributed by atoms with Gasteiger partial charge in [-0.05, 0) is 18.7 Å². The van der Waals surface area contributed by atoms with Gasteiger partial charge in [-0.2, -0.15) is 9.97 Å². The topological polar surface area (TPSA) is 94.4 Å². The van der Waals surface area contributed by atoms with Crippen molar-refractivity contribution in [3.8, 4) is 11.8 Å². The zero-order valence-electron chi connectivity index (χ0n) is 10.9. The van der Waals surface area contributed by atoms with Crippen LogP contribution in [0.4, 0.5) is 0 Å². The Kier molecular flexibility index (Phi) is 4.40. The normalized spacial score (nSPS) is 10.3. The summed E-state index contributed by atoms with van der Waals surface area (Å²) < 4.78 is 10.6. The Morgan fingerprint density at radius 1 is 1.25 bits per heavy atom. The number of rotatable bonds is 5. The predicted octanol–water partition coefficient (Wildman–Crippen LogP) is 2.11. The fourth-order valence-electron chi connectivity index (χ4n) is 1.33. The van der Waals surface area contributed by atoms with Crippen molar-refractivity contribution >= 4 is 29.1 Å². The summed E-state index contributed by atoms with van der Waals surface area (Å²) in [6, 6.07) is 1.56. The Morgan fingerprint density at radius 2 is 1.85 bits per heavy atom. The minimum Gasteiger partial charge on any atom is -0.481 e. The van der Waals surface area contributed by atoms with Crippen molar-refractivity contribution in [1.29, 1.82) is 0 Å². The summed E-state index contributed by atoms with van der Waals surface area (Å²) in [5.74, 6) is -0.256. The fourth-order valence-corrected chi connectivity index (χ4v) is 3.22. The van der Waals surface area contributed by atoms with Gasteiger partial charge in [0.15, 0.2) is 4.34 Å². The molecule has 0 saturated heterocycles. The Morgan fingerprint density at radius 3 is 2.30 bits per heavy atom. The number of carboxylic acid groups (broad SMARTS) is 1. The number of aromatic carboxylic acids is 1. The van der Waals surface area contributed by atoms with Crippen LogP contribution >= 0.6 is 23.1 Å². The van der Waals surface area contributed by atoms with Crippen LogP contribution in [0.2, 0.25) is 0 Å². The van der Waals surface area contributed by atoms with E-state index in [1.165, 1.54) is 14.2 Å². The molecule has 0 spiro atoms. The van der Waals surface area contributed by atoms with Crippen LogP contribution in [0.25, 0.3) is 0 Å². The minimum absolute atomic E-state index is 0.211. The molecule has 9 heteroatoms. The third kappa shape index (κ3) is 3.17. The van der Waals surface area contributed by atoms with Gasteiger partial charge in [-0.25, -0.2) is 9.78 Å². The third-order valence-electron chi connectivity index (χ3n) is 2.23. The van der Waals surface area contributed by atoms with E-state index < -0.39 is 5.97 Å². The molecule has 106 valence electrons. The molecule has 1 N–H and O–H groups in total. The zero-order chi connectivity index (χ0) is 14.7. The van der Waals surface area contributed by atoms with Crippen LogP contribution in [0.3, 0.4) is 0 Å². The first kappa shape index (κ1) is 14.5. The highest BCUT2D eigenvalue weighted by Crippen LogP contribution is 2.32. The highest BCUT2D eigenvalue weighted by Gasteiger charge is 2.16. The van der Waals surface area contributed by atoms with E-state index in [1.54, 1.807) is 13.0 Å². The molecule has 2 aromatic heterocycles. The van der Waals surface area contributed by atoms with Gasteiger partial charge in [0.25, 0.3) is 0 Å². The second-order valence-corrected chi connectivity index (χ2v) is 5.75. The van der Waals surface area contributed by atoms with Crippen LogP contribution in [-0.4, -0.2) is 40.2 Å². The average molecular weight is 313 g/mol. The molecule has 0 aliphatic heterocycles. The standard InChI is InChI=1S/C11H11N3O4S2/c1-5-8(9(15)16)19-11(12-5)20-10-13-6(17-2)4-7(14-10)18-3/h4H,1-3H3,(H,15,16). The number of carbonyl (C=O) groups is 1. The number of thiazole rings is 1. The molecule has 2 rings (SSSR count). The number of hydrogen-bond donors (Lipinski definition) is 1. The summed E-state index contributed by atoms with van der Waals surface area (Å²) in [5, 5.41) is 9.38. The molecule has 0 unspecified atom stereocenters. The highest BCUT2D eigenvalue weighted by atomic mass is 32.2. The van der Waals surface area contributed by atoms with Gasteiger partial charge in [0, 0.05) is 0 Å². The first-order valence-electron chi connectivity index (χ1n) is 5.39. The number of ether oxygens (including phenoxy) is 2. The smallest absolute Gasteiger partial charge is 0.347 e. The summed E-state index contributed by atoms with van der Waals surface area (Å²) in [6.45, 7) is 1.65. The van der Waals surface area contributed by atoms with Gasteiger partial charge in [0.1, 0.15) is 4.88 Å². The second-order valence-electron chi connectivity index (χ2n) is 3.54. The largest absolute Gasteiger partial charge is 0.481 e. The lowest BCUT2D eigenvalue weighted by Crippen LogP contribution is -1.95. The van der Waals surface area contributed by atoms with Crippen LogP contribution in [0.5, 0.6) is 11.8 Å². The highest BCUT2D eigenvalue weighted by molar-refractivity contribution is 8.00. The van der Waals surface area contributed by atoms with E-state index in [2.05, 4.69) is 15.0 Å². The Labute approximate surface area is 123 Å². The number of hydrogen-bond acceptors (Lipinski definition) is 8. The molecule has 0 bridgehead atoms. The van der Waals surface area contributed by atoms with Gasteiger partial charge in [-0.3, -0.25) is 0 Å². The number of carboxylic acids is 1. The molecule has 0 aromatic carbocycles. The number of methoxy groups -OCH3 is 2. The summed E-state index contributed by atoms with van der Waals surface area (Å²) in [6.07, 6.45) is 0. The van der Waals surface area contributed by atoms with Crippen molar-refractivity contribution in [3.63, 3.8) is 0 Å². The lowest BCUT2D eigenvalue weighted by atomic mass is 10.4. The molecule has 2 aromatic rings. The molecule has 20 heavy (non-hydrogen) atoms. The van der Waals surface area contributed by atoms with E-state index in [9.17, 15) is 4.79 Å². The van der Waals surface area contributed by atoms with Crippen molar-refractivity contribution < 1.29 is 19.4 Å². The summed E-state index contributed by atoms with van der Waals surface area (Å²) in [4.78, 5) is 23.7. The predicted molar refractivity (Wildman–Crippen MR) is 73.1 cm³/mol. The first-order valence-corrected chi connectivity index (χ1v) is 7.02. The van der Waals surface area contributed by atoms with Crippen LogP contribution in [0.1, 0.15) is 15.4 Å². The fraction of sp³-hybridized carbons (Fsp3) is 0.273. The average Bonchev–Trinajstić information content (AvgIpc) is 2.79. The lowest BCUT2D eigenvalue weighted by Gasteiger charge is -2.04. The van der Waals surface area contributed by atoms with Gasteiger partial charge in [-0.15, -0.1) is 0 Å². The van der Waals surface area contributed by atoms with Crippen molar-refractivity contribution in [2.75, 3.05) is 14.2 Å². The van der Waals surface area contributed by atoms with Gasteiger partial charge in [0.2, 0.25) is 16.9 Å². The Hall–Kier alpha value is -1.87. The number of aryl methyl sites for hydroxylation is 1. The van der Waals surface area contributed by atoms with E-state index in [0.717, 1.165) is 23.1 Å². The summed E-state index contributed by atoms with van der Waals surface area (Å²) in [7, 11) is 2.98. The molecule has 0 amide bonds. The molecule has 0 saturated carbocycles. The third-order valence-corrected chi connectivity index (χ3v) is 4.30. The quantitative estimate of drug-likeness (QED) is 0.839. The monoisotopic (exact) mass is 313 g/mol. The molecule has 0 aliphatic rings. The van der Waals surface area contributed by atoms with Crippen molar-refractivity contribution in [1.82, 2.24) is 15.0 Å². The first-order chi connectivity index (χ1) is 9.53. The number of aromatic nitrogens is 3. The molecular formula is C11H11N3O4S2. The Bertz CT molecular complexity index is 622. The van der Waals surface area contributed by atoms with Crippen LogP contribution in [-0.2, 0) is 0 Å². The van der Waals surface area contributed by atoms with Crippen molar-refractivity contribution in [2.45, 2.75) is 16.4 Å². The van der Waals surface area contributed by atoms with Gasteiger partial charge < -0.3 is 14.6 Å². The summed E-state index contributed by atoms with van der Waals surface area (Å²) >= 11 is 2.24. The van der Waals surface area contributed by atoms with Gasteiger partial charge in [-0.1, -0.05) is 11.3 Å². The van der Waals surface area contributed by atoms with E-state index >= 15 is 0 Å². The van der Waals surface area contributed by atoms with Crippen LogP contribution < -0.4 is 9.47 Å². The van der Waals surface area contributed by atoms with E-state index in [-0.39, 0.29) is 4.88 Å². The lowest BCUT2D eigenvalue weighted by molar-refractivity contribution is 0.0701. The van der Waals surface area contributed by atoms with Crippen LogP contribution in [0, 0.1) is 6.92 Å². The van der Waals surface area contributed by atoms with Gasteiger partial charge >= 0.3 is 5.97 Å². The van der Waals surface area contributed by atoms with Crippen molar-refractivity contribution in [2.24, 2.45) is 0 Å². The zero-order valence-corrected chi connectivity index (χ0v) is 12.5. The van der Waals surface area contributed by atoms with Crippen LogP contribution in [0.15, 0.2) is 15.6 Å². The van der Waals surface area contributed by atoms with Gasteiger partial charge in [0.05, 0.1) is 26.0 Å². The van der Waals surface area contributed by atoms with Crippen molar-refractivity contribution in [3.05, 3.63) is 16.6 Å². The molecule has 0 atom stereocenters. The molecule has 0 fully saturated rings. The summed E-state index contributed by atoms with van der Waals surface area (Å²) in [5.41, 5.74) is 0.472. The number of nitrogens with zero attached hydrogens (tertiary/aromatic N) is 3. The van der Waals surface area contributed by atoms with E-state index in [4.69, 9.17) is 14.6 Å². The molecule has 0 radical (unpaired) electrons. The molecule has 7 nitrogen and oxygen atoms in total. The maximum Gasteiger partial charge on any atom is 0.347 e. The molecule has 0 aliphatic carbocycles. The second kappa shape index (κ2) is 6.06. The maximum atomic E-state index is 11.0. The molecular weight excluding hydrogens is 302 g/mol. The minimum atomic E-state index is -0.990.